The maximum Gasteiger partial charge on any atom is 0.404 e. The maximum absolute atomic E-state index is 10.6. The van der Waals surface area contributed by atoms with E-state index < -0.39 is 4.92 Å². The molecule has 88 valence electrons. The van der Waals surface area contributed by atoms with Crippen molar-refractivity contribution in [1.82, 2.24) is 14.8 Å². The number of aryl methyl sites for hydroxylation is 1. The van der Waals surface area contributed by atoms with E-state index in [1.165, 1.54) is 4.68 Å². The van der Waals surface area contributed by atoms with Crippen LogP contribution in [-0.4, -0.2) is 19.7 Å². The van der Waals surface area contributed by atoms with E-state index >= 15 is 0 Å². The molecule has 0 saturated heterocycles. The summed E-state index contributed by atoms with van der Waals surface area (Å²) in [7, 11) is 0. The zero-order chi connectivity index (χ0) is 12.4. The molecule has 0 amide bonds. The Morgan fingerprint density at radius 1 is 1.59 bits per heavy atom. The number of pyridine rings is 1. The third-order valence-corrected chi connectivity index (χ3v) is 2.86. The van der Waals surface area contributed by atoms with Gasteiger partial charge in [-0.15, -0.1) is 0 Å². The second-order valence-corrected chi connectivity index (χ2v) is 4.38. The fourth-order valence-electron chi connectivity index (χ4n) is 1.43. The van der Waals surface area contributed by atoms with Crippen LogP contribution in [0.15, 0.2) is 29.0 Å². The summed E-state index contributed by atoms with van der Waals surface area (Å²) in [5.74, 6) is -0.182. The number of nitro groups is 1. The predicted molar refractivity (Wildman–Crippen MR) is 64.7 cm³/mol. The molecule has 0 aliphatic carbocycles. The molecule has 7 heteroatoms. The van der Waals surface area contributed by atoms with Gasteiger partial charge in [-0.2, -0.15) is 4.68 Å². The van der Waals surface area contributed by atoms with Crippen molar-refractivity contribution in [2.45, 2.75) is 13.5 Å². The summed E-state index contributed by atoms with van der Waals surface area (Å²) in [5.41, 5.74) is 1.87. The lowest BCUT2D eigenvalue weighted by molar-refractivity contribution is -0.390. The molecule has 0 saturated carbocycles. The molecule has 0 N–H and O–H groups in total. The van der Waals surface area contributed by atoms with Crippen molar-refractivity contribution in [2.24, 2.45) is 0 Å². The van der Waals surface area contributed by atoms with Crippen LogP contribution < -0.4 is 0 Å². The first-order chi connectivity index (χ1) is 8.08. The Morgan fingerprint density at radius 3 is 2.94 bits per heavy atom. The minimum absolute atomic E-state index is 0.182. The predicted octanol–water partition coefficient (Wildman–Crippen LogP) is 2.31. The van der Waals surface area contributed by atoms with Gasteiger partial charge in [-0.3, -0.25) is 4.98 Å². The van der Waals surface area contributed by atoms with E-state index in [1.54, 1.807) is 12.4 Å². The summed E-state index contributed by atoms with van der Waals surface area (Å²) < 4.78 is 1.87. The summed E-state index contributed by atoms with van der Waals surface area (Å²) in [6, 6.07) is 3.79. The van der Waals surface area contributed by atoms with Crippen molar-refractivity contribution < 1.29 is 4.92 Å². The van der Waals surface area contributed by atoms with Gasteiger partial charge in [-0.25, -0.2) is 0 Å². The zero-order valence-electron chi connectivity index (χ0n) is 9.00. The van der Waals surface area contributed by atoms with Crippen molar-refractivity contribution in [2.75, 3.05) is 0 Å². The van der Waals surface area contributed by atoms with Crippen LogP contribution in [0.4, 0.5) is 5.82 Å². The third-order valence-electron chi connectivity index (χ3n) is 2.30. The van der Waals surface area contributed by atoms with Gasteiger partial charge in [-0.05, 0) is 39.4 Å². The molecule has 0 aromatic carbocycles. The maximum atomic E-state index is 10.6. The standard InChI is InChI=1S/C10H9BrN4O2/c1-7-3-2-4-12-9(7)6-14-5-8(11)10(13-14)15(16)17/h2-5H,6H2,1H3. The zero-order valence-corrected chi connectivity index (χ0v) is 10.6. The Morgan fingerprint density at radius 2 is 2.35 bits per heavy atom. The molecular weight excluding hydrogens is 288 g/mol. The van der Waals surface area contributed by atoms with E-state index in [-0.39, 0.29) is 5.82 Å². The molecular formula is C10H9BrN4O2. The topological polar surface area (TPSA) is 73.8 Å². The molecule has 2 aromatic rings. The van der Waals surface area contributed by atoms with Crippen LogP contribution in [0.1, 0.15) is 11.3 Å². The van der Waals surface area contributed by atoms with Crippen LogP contribution in [0.2, 0.25) is 0 Å². The number of aromatic nitrogens is 3. The quantitative estimate of drug-likeness (QED) is 0.643. The van der Waals surface area contributed by atoms with Crippen LogP contribution in [0.3, 0.4) is 0 Å². The average Bonchev–Trinajstić information content (AvgIpc) is 2.63. The summed E-state index contributed by atoms with van der Waals surface area (Å²) >= 11 is 3.10. The van der Waals surface area contributed by atoms with Crippen molar-refractivity contribution >= 4 is 21.7 Å². The van der Waals surface area contributed by atoms with Crippen molar-refractivity contribution in [1.29, 1.82) is 0 Å². The van der Waals surface area contributed by atoms with Gasteiger partial charge in [0.2, 0.25) is 0 Å². The molecule has 2 aromatic heterocycles. The Labute approximate surface area is 106 Å². The summed E-state index contributed by atoms with van der Waals surface area (Å²) in [6.45, 7) is 2.36. The van der Waals surface area contributed by atoms with E-state index in [0.717, 1.165) is 11.3 Å². The second-order valence-electron chi connectivity index (χ2n) is 3.52. The van der Waals surface area contributed by atoms with Gasteiger partial charge >= 0.3 is 5.82 Å². The van der Waals surface area contributed by atoms with Gasteiger partial charge in [0.1, 0.15) is 11.0 Å². The number of rotatable bonds is 3. The highest BCUT2D eigenvalue weighted by molar-refractivity contribution is 9.10. The first-order valence-corrected chi connectivity index (χ1v) is 5.65. The van der Waals surface area contributed by atoms with Gasteiger partial charge in [0.15, 0.2) is 0 Å². The van der Waals surface area contributed by atoms with E-state index in [2.05, 4.69) is 26.0 Å². The molecule has 2 heterocycles. The molecule has 0 fully saturated rings. The molecule has 2 rings (SSSR count). The normalized spacial score (nSPS) is 10.5. The number of nitrogens with zero attached hydrogens (tertiary/aromatic N) is 4. The fraction of sp³-hybridized carbons (Fsp3) is 0.200. The summed E-state index contributed by atoms with van der Waals surface area (Å²) in [5, 5.41) is 14.5. The van der Waals surface area contributed by atoms with Gasteiger partial charge in [0.05, 0.1) is 17.0 Å². The molecule has 0 radical (unpaired) electrons. The third kappa shape index (κ3) is 2.50. The summed E-state index contributed by atoms with van der Waals surface area (Å²) in [6.07, 6.45) is 3.27. The highest BCUT2D eigenvalue weighted by atomic mass is 79.9. The van der Waals surface area contributed by atoms with Gasteiger partial charge in [0.25, 0.3) is 0 Å². The van der Waals surface area contributed by atoms with Crippen LogP contribution in [0.25, 0.3) is 0 Å². The lowest BCUT2D eigenvalue weighted by atomic mass is 10.2. The Kier molecular flexibility index (Phi) is 3.19. The molecule has 0 unspecified atom stereocenters. The lowest BCUT2D eigenvalue weighted by Crippen LogP contribution is -2.04. The van der Waals surface area contributed by atoms with Gasteiger partial charge in [-0.1, -0.05) is 6.07 Å². The first-order valence-electron chi connectivity index (χ1n) is 4.86. The average molecular weight is 297 g/mol. The van der Waals surface area contributed by atoms with Crippen LogP contribution >= 0.6 is 15.9 Å². The molecule has 6 nitrogen and oxygen atoms in total. The van der Waals surface area contributed by atoms with Crippen LogP contribution in [0, 0.1) is 17.0 Å². The Bertz CT molecular complexity index is 567. The van der Waals surface area contributed by atoms with E-state index in [4.69, 9.17) is 0 Å². The lowest BCUT2D eigenvalue weighted by Gasteiger charge is -2.00. The monoisotopic (exact) mass is 296 g/mol. The molecule has 0 spiro atoms. The molecule has 0 bridgehead atoms. The Balaban J connectivity index is 2.28. The van der Waals surface area contributed by atoms with Gasteiger partial charge < -0.3 is 10.1 Å². The highest BCUT2D eigenvalue weighted by Crippen LogP contribution is 2.22. The van der Waals surface area contributed by atoms with Crippen LogP contribution in [0.5, 0.6) is 0 Å². The van der Waals surface area contributed by atoms with Crippen molar-refractivity contribution in [3.05, 3.63) is 50.4 Å². The smallest absolute Gasteiger partial charge is 0.358 e. The first kappa shape index (κ1) is 11.7. The van der Waals surface area contributed by atoms with Crippen LogP contribution in [-0.2, 0) is 6.54 Å². The van der Waals surface area contributed by atoms with E-state index in [0.29, 0.717) is 11.0 Å². The number of halogens is 1. The molecule has 0 atom stereocenters. The molecule has 17 heavy (non-hydrogen) atoms. The Hall–Kier alpha value is -1.76. The van der Waals surface area contributed by atoms with E-state index in [9.17, 15) is 10.1 Å². The number of hydrogen-bond acceptors (Lipinski definition) is 4. The minimum atomic E-state index is -0.522. The van der Waals surface area contributed by atoms with E-state index in [1.807, 2.05) is 19.1 Å². The van der Waals surface area contributed by atoms with Crippen molar-refractivity contribution in [3.63, 3.8) is 0 Å². The SMILES string of the molecule is Cc1cccnc1Cn1cc(Br)c([N+](=O)[O-])n1. The van der Waals surface area contributed by atoms with Crippen molar-refractivity contribution in [3.8, 4) is 0 Å². The summed E-state index contributed by atoms with van der Waals surface area (Å²) in [4.78, 5) is 14.3. The molecule has 0 aliphatic heterocycles. The largest absolute Gasteiger partial charge is 0.404 e. The number of hydrogen-bond donors (Lipinski definition) is 0. The minimum Gasteiger partial charge on any atom is -0.358 e. The van der Waals surface area contributed by atoms with Gasteiger partial charge in [0, 0.05) is 6.20 Å². The second kappa shape index (κ2) is 4.62. The highest BCUT2D eigenvalue weighted by Gasteiger charge is 2.18. The fourth-order valence-corrected chi connectivity index (χ4v) is 1.89. The molecule has 0 aliphatic rings.